The van der Waals surface area contributed by atoms with E-state index >= 15 is 0 Å². The zero-order valence-corrected chi connectivity index (χ0v) is 9.81. The van der Waals surface area contributed by atoms with Gasteiger partial charge in [0.1, 0.15) is 11.9 Å². The van der Waals surface area contributed by atoms with E-state index in [9.17, 15) is 4.79 Å². The van der Waals surface area contributed by atoms with Gasteiger partial charge in [-0.3, -0.25) is 0 Å². The minimum Gasteiger partial charge on any atom is -0.490 e. The van der Waals surface area contributed by atoms with Gasteiger partial charge in [-0.25, -0.2) is 4.79 Å². The van der Waals surface area contributed by atoms with Gasteiger partial charge in [0, 0.05) is 12.8 Å². The van der Waals surface area contributed by atoms with Crippen LogP contribution >= 0.6 is 0 Å². The molecule has 0 spiro atoms. The van der Waals surface area contributed by atoms with E-state index in [4.69, 9.17) is 14.6 Å². The molecule has 4 heteroatoms. The molecule has 0 amide bonds. The second kappa shape index (κ2) is 5.19. The molecule has 1 aromatic carbocycles. The molecule has 4 nitrogen and oxygen atoms in total. The molecule has 0 saturated carbocycles. The number of hydrogen-bond donors (Lipinski definition) is 1. The van der Waals surface area contributed by atoms with Gasteiger partial charge in [0.05, 0.1) is 18.8 Å². The van der Waals surface area contributed by atoms with Crippen LogP contribution in [-0.4, -0.2) is 30.4 Å². The zero-order chi connectivity index (χ0) is 12.3. The van der Waals surface area contributed by atoms with Crippen LogP contribution in [0.3, 0.4) is 0 Å². The van der Waals surface area contributed by atoms with Crippen molar-refractivity contribution in [2.75, 3.05) is 13.2 Å². The molecule has 0 atom stereocenters. The van der Waals surface area contributed by atoms with E-state index in [1.807, 2.05) is 6.92 Å². The van der Waals surface area contributed by atoms with Gasteiger partial charge in [0.2, 0.25) is 0 Å². The molecule has 1 fully saturated rings. The van der Waals surface area contributed by atoms with Gasteiger partial charge in [-0.2, -0.15) is 0 Å². The molecule has 0 radical (unpaired) electrons. The SMILES string of the molecule is Cc1ccc(C(=O)O)cc1OC1CCOCC1. The number of rotatable bonds is 3. The summed E-state index contributed by atoms with van der Waals surface area (Å²) in [5, 5.41) is 8.93. The van der Waals surface area contributed by atoms with Crippen LogP contribution in [0.2, 0.25) is 0 Å². The van der Waals surface area contributed by atoms with Crippen LogP contribution in [0.1, 0.15) is 28.8 Å². The fourth-order valence-electron chi connectivity index (χ4n) is 1.83. The van der Waals surface area contributed by atoms with Crippen molar-refractivity contribution in [1.82, 2.24) is 0 Å². The molecule has 0 unspecified atom stereocenters. The molecule has 1 aliphatic heterocycles. The van der Waals surface area contributed by atoms with Crippen LogP contribution in [0.15, 0.2) is 18.2 Å². The second-order valence-corrected chi connectivity index (χ2v) is 4.22. The predicted octanol–water partition coefficient (Wildman–Crippen LogP) is 2.25. The Morgan fingerprint density at radius 1 is 1.41 bits per heavy atom. The standard InChI is InChI=1S/C13H16O4/c1-9-2-3-10(13(14)15)8-12(9)17-11-4-6-16-7-5-11/h2-3,8,11H,4-7H2,1H3,(H,14,15). The molecule has 17 heavy (non-hydrogen) atoms. The summed E-state index contributed by atoms with van der Waals surface area (Å²) in [6.45, 7) is 3.34. The molecule has 0 aromatic heterocycles. The summed E-state index contributed by atoms with van der Waals surface area (Å²) >= 11 is 0. The maximum Gasteiger partial charge on any atom is 0.335 e. The number of carboxylic acid groups (broad SMARTS) is 1. The van der Waals surface area contributed by atoms with Gasteiger partial charge in [-0.15, -0.1) is 0 Å². The number of carbonyl (C=O) groups is 1. The van der Waals surface area contributed by atoms with E-state index in [1.165, 1.54) is 0 Å². The first-order chi connectivity index (χ1) is 8.16. The fraction of sp³-hybridized carbons (Fsp3) is 0.462. The molecule has 1 aliphatic rings. The Bertz CT molecular complexity index is 408. The Balaban J connectivity index is 2.13. The molecule has 2 rings (SSSR count). The Hall–Kier alpha value is -1.55. The molecule has 1 saturated heterocycles. The maximum absolute atomic E-state index is 10.9. The third kappa shape index (κ3) is 2.97. The van der Waals surface area contributed by atoms with Crippen molar-refractivity contribution in [1.29, 1.82) is 0 Å². The monoisotopic (exact) mass is 236 g/mol. The first-order valence-corrected chi connectivity index (χ1v) is 5.75. The van der Waals surface area contributed by atoms with E-state index in [2.05, 4.69) is 0 Å². The second-order valence-electron chi connectivity index (χ2n) is 4.22. The first kappa shape index (κ1) is 11.9. The van der Waals surface area contributed by atoms with Gasteiger partial charge < -0.3 is 14.6 Å². The Morgan fingerprint density at radius 3 is 2.76 bits per heavy atom. The van der Waals surface area contributed by atoms with Gasteiger partial charge in [-0.1, -0.05) is 6.07 Å². The van der Waals surface area contributed by atoms with Gasteiger partial charge in [-0.05, 0) is 24.6 Å². The number of carboxylic acids is 1. The van der Waals surface area contributed by atoms with Crippen LogP contribution in [0.4, 0.5) is 0 Å². The number of ether oxygens (including phenoxy) is 2. The molecule has 0 aliphatic carbocycles. The summed E-state index contributed by atoms with van der Waals surface area (Å²) in [4.78, 5) is 10.9. The highest BCUT2D eigenvalue weighted by atomic mass is 16.5. The van der Waals surface area contributed by atoms with E-state index in [-0.39, 0.29) is 11.7 Å². The van der Waals surface area contributed by atoms with E-state index in [0.717, 1.165) is 18.4 Å². The zero-order valence-electron chi connectivity index (χ0n) is 9.81. The van der Waals surface area contributed by atoms with Crippen molar-refractivity contribution in [3.63, 3.8) is 0 Å². The van der Waals surface area contributed by atoms with Gasteiger partial charge in [0.15, 0.2) is 0 Å². The number of hydrogen-bond acceptors (Lipinski definition) is 3. The lowest BCUT2D eigenvalue weighted by atomic mass is 10.1. The minimum absolute atomic E-state index is 0.131. The van der Waals surface area contributed by atoms with Crippen molar-refractivity contribution < 1.29 is 19.4 Å². The minimum atomic E-state index is -0.929. The third-order valence-corrected chi connectivity index (χ3v) is 2.90. The van der Waals surface area contributed by atoms with Crippen LogP contribution in [-0.2, 0) is 4.74 Å². The highest BCUT2D eigenvalue weighted by Gasteiger charge is 2.17. The summed E-state index contributed by atoms with van der Waals surface area (Å²) in [5.41, 5.74) is 1.22. The molecular formula is C13H16O4. The number of aromatic carboxylic acids is 1. The van der Waals surface area contributed by atoms with E-state index < -0.39 is 5.97 Å². The molecule has 0 bridgehead atoms. The van der Waals surface area contributed by atoms with Gasteiger partial charge >= 0.3 is 5.97 Å². The average Bonchev–Trinajstić information content (AvgIpc) is 2.33. The topological polar surface area (TPSA) is 55.8 Å². The van der Waals surface area contributed by atoms with E-state index in [0.29, 0.717) is 19.0 Å². The summed E-state index contributed by atoms with van der Waals surface area (Å²) in [7, 11) is 0. The lowest BCUT2D eigenvalue weighted by Crippen LogP contribution is -2.26. The molecule has 1 heterocycles. The largest absolute Gasteiger partial charge is 0.490 e. The third-order valence-electron chi connectivity index (χ3n) is 2.90. The van der Waals surface area contributed by atoms with Crippen LogP contribution in [0.5, 0.6) is 5.75 Å². The molecule has 1 aromatic rings. The highest BCUT2D eigenvalue weighted by molar-refractivity contribution is 5.88. The summed E-state index contributed by atoms with van der Waals surface area (Å²) < 4.78 is 11.1. The molecular weight excluding hydrogens is 220 g/mol. The number of benzene rings is 1. The molecule has 1 N–H and O–H groups in total. The highest BCUT2D eigenvalue weighted by Crippen LogP contribution is 2.23. The fourth-order valence-corrected chi connectivity index (χ4v) is 1.83. The average molecular weight is 236 g/mol. The number of aryl methyl sites for hydroxylation is 1. The Morgan fingerprint density at radius 2 is 2.12 bits per heavy atom. The van der Waals surface area contributed by atoms with Gasteiger partial charge in [0.25, 0.3) is 0 Å². The van der Waals surface area contributed by atoms with Crippen molar-refractivity contribution in [2.45, 2.75) is 25.9 Å². The Labute approximate surface area is 100 Å². The maximum atomic E-state index is 10.9. The van der Waals surface area contributed by atoms with Crippen LogP contribution < -0.4 is 4.74 Å². The molecule has 92 valence electrons. The predicted molar refractivity (Wildman–Crippen MR) is 62.6 cm³/mol. The lowest BCUT2D eigenvalue weighted by molar-refractivity contribution is 0.0252. The quantitative estimate of drug-likeness (QED) is 0.874. The smallest absolute Gasteiger partial charge is 0.335 e. The van der Waals surface area contributed by atoms with Crippen molar-refractivity contribution in [3.8, 4) is 5.75 Å². The normalized spacial score (nSPS) is 16.8. The van der Waals surface area contributed by atoms with Crippen LogP contribution in [0.25, 0.3) is 0 Å². The van der Waals surface area contributed by atoms with Crippen molar-refractivity contribution >= 4 is 5.97 Å². The Kier molecular flexibility index (Phi) is 3.64. The lowest BCUT2D eigenvalue weighted by Gasteiger charge is -2.24. The first-order valence-electron chi connectivity index (χ1n) is 5.75. The summed E-state index contributed by atoms with van der Waals surface area (Å²) in [6.07, 6.45) is 1.85. The summed E-state index contributed by atoms with van der Waals surface area (Å²) in [5.74, 6) is -0.265. The van der Waals surface area contributed by atoms with Crippen LogP contribution in [0, 0.1) is 6.92 Å². The van der Waals surface area contributed by atoms with E-state index in [1.54, 1.807) is 18.2 Å². The van der Waals surface area contributed by atoms with Crippen molar-refractivity contribution in [2.24, 2.45) is 0 Å². The summed E-state index contributed by atoms with van der Waals surface area (Å²) in [6, 6.07) is 4.96. The van der Waals surface area contributed by atoms with Crippen molar-refractivity contribution in [3.05, 3.63) is 29.3 Å².